The van der Waals surface area contributed by atoms with Crippen molar-refractivity contribution in [2.75, 3.05) is 12.3 Å². The molecule has 0 saturated carbocycles. The van der Waals surface area contributed by atoms with Crippen LogP contribution in [0.3, 0.4) is 0 Å². The van der Waals surface area contributed by atoms with Crippen LogP contribution in [0, 0.1) is 0 Å². The van der Waals surface area contributed by atoms with Crippen molar-refractivity contribution >= 4 is 11.6 Å². The summed E-state index contributed by atoms with van der Waals surface area (Å²) in [5.41, 5.74) is 11.4. The molecule has 0 spiro atoms. The molecule has 0 bridgehead atoms. The van der Waals surface area contributed by atoms with E-state index in [1.807, 2.05) is 0 Å². The molecule has 0 saturated heterocycles. The summed E-state index contributed by atoms with van der Waals surface area (Å²) < 4.78 is 0. The van der Waals surface area contributed by atoms with Crippen LogP contribution < -0.4 is 11.5 Å². The van der Waals surface area contributed by atoms with Crippen LogP contribution in [0.5, 0.6) is 0 Å². The van der Waals surface area contributed by atoms with Crippen LogP contribution in [0.15, 0.2) is 18.3 Å². The van der Waals surface area contributed by atoms with Crippen LogP contribution in [0.1, 0.15) is 5.56 Å². The second-order valence-electron chi connectivity index (χ2n) is 2.51. The first-order chi connectivity index (χ1) is 5.72. The fraction of sp³-hybridized carbons (Fsp3) is 0.250. The van der Waals surface area contributed by atoms with Crippen molar-refractivity contribution in [3.05, 3.63) is 23.9 Å². The average Bonchev–Trinajstić information content (AvgIpc) is 2.04. The van der Waals surface area contributed by atoms with Crippen molar-refractivity contribution in [1.82, 2.24) is 4.98 Å². The van der Waals surface area contributed by atoms with E-state index in [4.69, 9.17) is 11.5 Å². The minimum Gasteiger partial charge on any atom is -0.384 e. The van der Waals surface area contributed by atoms with Crippen LogP contribution in [0.4, 0.5) is 5.82 Å². The van der Waals surface area contributed by atoms with Gasteiger partial charge in [0.05, 0.1) is 6.54 Å². The fourth-order valence-corrected chi connectivity index (χ4v) is 0.904. The van der Waals surface area contributed by atoms with Gasteiger partial charge in [0.2, 0.25) is 0 Å². The van der Waals surface area contributed by atoms with Crippen molar-refractivity contribution in [3.63, 3.8) is 0 Å². The van der Waals surface area contributed by atoms with Gasteiger partial charge >= 0.3 is 0 Å². The lowest BCUT2D eigenvalue weighted by Crippen LogP contribution is -2.15. The molecule has 1 heterocycles. The molecule has 0 atom stereocenters. The molecule has 1 aromatic heterocycles. The molecule has 0 aliphatic rings. The first kappa shape index (κ1) is 8.67. The van der Waals surface area contributed by atoms with Gasteiger partial charge in [0.25, 0.3) is 0 Å². The quantitative estimate of drug-likeness (QED) is 0.646. The summed E-state index contributed by atoms with van der Waals surface area (Å²) in [4.78, 5) is 14.7. The number of carbonyl (C=O) groups excluding carboxylic acids is 1. The SMILES string of the molecule is NCC(=O)Cc1ccnc(N)c1. The maximum Gasteiger partial charge on any atom is 0.150 e. The Morgan fingerprint density at radius 2 is 2.33 bits per heavy atom. The number of rotatable bonds is 3. The lowest BCUT2D eigenvalue weighted by molar-refractivity contribution is -0.117. The molecule has 4 heteroatoms. The lowest BCUT2D eigenvalue weighted by atomic mass is 10.1. The molecule has 0 aliphatic heterocycles. The summed E-state index contributed by atoms with van der Waals surface area (Å²) in [6, 6.07) is 3.43. The Kier molecular flexibility index (Phi) is 2.76. The van der Waals surface area contributed by atoms with Gasteiger partial charge in [-0.15, -0.1) is 0 Å². The number of pyridine rings is 1. The summed E-state index contributed by atoms with van der Waals surface area (Å²) in [7, 11) is 0. The van der Waals surface area contributed by atoms with Crippen molar-refractivity contribution in [1.29, 1.82) is 0 Å². The predicted octanol–water partition coefficient (Wildman–Crippen LogP) is -0.266. The van der Waals surface area contributed by atoms with Gasteiger partial charge in [-0.05, 0) is 17.7 Å². The minimum atomic E-state index is 0.000556. The Balaban J connectivity index is 2.69. The zero-order chi connectivity index (χ0) is 8.97. The minimum absolute atomic E-state index is 0.000556. The number of carbonyl (C=O) groups is 1. The molecule has 0 fully saturated rings. The molecule has 1 rings (SSSR count). The largest absolute Gasteiger partial charge is 0.384 e. The molecule has 4 nitrogen and oxygen atoms in total. The standard InChI is InChI=1S/C8H11N3O/c9-5-7(12)3-6-1-2-11-8(10)4-6/h1-2,4H,3,5,9H2,(H2,10,11). The van der Waals surface area contributed by atoms with Gasteiger partial charge in [-0.1, -0.05) is 0 Å². The van der Waals surface area contributed by atoms with E-state index in [2.05, 4.69) is 4.98 Å². The molecule has 64 valence electrons. The van der Waals surface area contributed by atoms with E-state index in [0.717, 1.165) is 5.56 Å². The summed E-state index contributed by atoms with van der Waals surface area (Å²) in [5, 5.41) is 0. The Hall–Kier alpha value is -1.42. The molecular weight excluding hydrogens is 154 g/mol. The van der Waals surface area contributed by atoms with E-state index in [0.29, 0.717) is 12.2 Å². The van der Waals surface area contributed by atoms with Crippen molar-refractivity contribution in [3.8, 4) is 0 Å². The highest BCUT2D eigenvalue weighted by Crippen LogP contribution is 2.03. The van der Waals surface area contributed by atoms with Crippen molar-refractivity contribution < 1.29 is 4.79 Å². The van der Waals surface area contributed by atoms with Gasteiger partial charge in [0.15, 0.2) is 5.78 Å². The lowest BCUT2D eigenvalue weighted by Gasteiger charge is -1.98. The average molecular weight is 165 g/mol. The van der Waals surface area contributed by atoms with E-state index in [1.165, 1.54) is 0 Å². The Morgan fingerprint density at radius 1 is 1.58 bits per heavy atom. The van der Waals surface area contributed by atoms with Gasteiger partial charge < -0.3 is 11.5 Å². The zero-order valence-electron chi connectivity index (χ0n) is 6.66. The van der Waals surface area contributed by atoms with E-state index >= 15 is 0 Å². The molecule has 12 heavy (non-hydrogen) atoms. The van der Waals surface area contributed by atoms with E-state index in [1.54, 1.807) is 18.3 Å². The molecule has 0 aromatic carbocycles. The van der Waals surface area contributed by atoms with Gasteiger partial charge in [-0.25, -0.2) is 4.98 Å². The number of nitrogens with two attached hydrogens (primary N) is 2. The van der Waals surface area contributed by atoms with Gasteiger partial charge in [-0.2, -0.15) is 0 Å². The van der Waals surface area contributed by atoms with Crippen molar-refractivity contribution in [2.24, 2.45) is 5.73 Å². The summed E-state index contributed by atoms with van der Waals surface area (Å²) in [6.07, 6.45) is 1.91. The second kappa shape index (κ2) is 3.82. The molecule has 0 unspecified atom stereocenters. The molecule has 0 amide bonds. The third-order valence-corrected chi connectivity index (χ3v) is 1.47. The fourth-order valence-electron chi connectivity index (χ4n) is 0.904. The molecule has 0 radical (unpaired) electrons. The molecule has 1 aromatic rings. The third-order valence-electron chi connectivity index (χ3n) is 1.47. The van der Waals surface area contributed by atoms with Crippen LogP contribution >= 0.6 is 0 Å². The number of nitrogens with zero attached hydrogens (tertiary/aromatic N) is 1. The normalized spacial score (nSPS) is 9.75. The number of hydrogen-bond donors (Lipinski definition) is 2. The number of hydrogen-bond acceptors (Lipinski definition) is 4. The highest BCUT2D eigenvalue weighted by molar-refractivity contribution is 5.82. The number of aromatic nitrogens is 1. The summed E-state index contributed by atoms with van der Waals surface area (Å²) >= 11 is 0. The molecular formula is C8H11N3O. The summed E-state index contributed by atoms with van der Waals surface area (Å²) in [5.74, 6) is 0.429. The number of nitrogen functional groups attached to an aromatic ring is 1. The first-order valence-electron chi connectivity index (χ1n) is 3.64. The first-order valence-corrected chi connectivity index (χ1v) is 3.64. The van der Waals surface area contributed by atoms with Gasteiger partial charge in [-0.3, -0.25) is 4.79 Å². The number of ketones is 1. The van der Waals surface area contributed by atoms with E-state index in [-0.39, 0.29) is 12.3 Å². The number of Topliss-reactive ketones (excluding diaryl/α,β-unsaturated/α-hetero) is 1. The smallest absolute Gasteiger partial charge is 0.150 e. The van der Waals surface area contributed by atoms with Gasteiger partial charge in [0.1, 0.15) is 5.82 Å². The van der Waals surface area contributed by atoms with Crippen LogP contribution in [-0.2, 0) is 11.2 Å². The molecule has 4 N–H and O–H groups in total. The topological polar surface area (TPSA) is 82.0 Å². The second-order valence-corrected chi connectivity index (χ2v) is 2.51. The highest BCUT2D eigenvalue weighted by Gasteiger charge is 2.00. The van der Waals surface area contributed by atoms with Crippen LogP contribution in [0.25, 0.3) is 0 Å². The van der Waals surface area contributed by atoms with Gasteiger partial charge in [0, 0.05) is 12.6 Å². The van der Waals surface area contributed by atoms with Crippen molar-refractivity contribution in [2.45, 2.75) is 6.42 Å². The zero-order valence-corrected chi connectivity index (χ0v) is 6.66. The Morgan fingerprint density at radius 3 is 2.92 bits per heavy atom. The van der Waals surface area contributed by atoms with E-state index < -0.39 is 0 Å². The maximum absolute atomic E-state index is 10.9. The predicted molar refractivity (Wildman–Crippen MR) is 46.4 cm³/mol. The van der Waals surface area contributed by atoms with Crippen LogP contribution in [0.2, 0.25) is 0 Å². The molecule has 0 aliphatic carbocycles. The van der Waals surface area contributed by atoms with E-state index in [9.17, 15) is 4.79 Å². The third kappa shape index (κ3) is 2.32. The Bertz CT molecular complexity index is 285. The Labute approximate surface area is 70.6 Å². The van der Waals surface area contributed by atoms with Crippen LogP contribution in [-0.4, -0.2) is 17.3 Å². The summed E-state index contributed by atoms with van der Waals surface area (Å²) in [6.45, 7) is 0.0717. The highest BCUT2D eigenvalue weighted by atomic mass is 16.1. The monoisotopic (exact) mass is 165 g/mol. The maximum atomic E-state index is 10.9. The number of anilines is 1.